The number of hydrogen-bond acceptors (Lipinski definition) is 3. The van der Waals surface area contributed by atoms with Gasteiger partial charge in [-0.15, -0.1) is 0 Å². The molecule has 0 aliphatic heterocycles. The normalized spacial score (nSPS) is 11.3. The zero-order chi connectivity index (χ0) is 14.4. The monoisotopic (exact) mass is 264 g/mol. The highest BCUT2D eigenvalue weighted by atomic mass is 16.5. The summed E-state index contributed by atoms with van der Waals surface area (Å²) in [6, 6.07) is 8.01. The van der Waals surface area contributed by atoms with E-state index in [1.54, 1.807) is 18.2 Å². The van der Waals surface area contributed by atoms with E-state index in [0.29, 0.717) is 30.0 Å². The average molecular weight is 264 g/mol. The lowest BCUT2D eigenvalue weighted by atomic mass is 10.2. The van der Waals surface area contributed by atoms with Crippen LogP contribution in [0.2, 0.25) is 0 Å². The highest BCUT2D eigenvalue weighted by Gasteiger charge is 2.14. The first kappa shape index (κ1) is 15.5. The Kier molecular flexibility index (Phi) is 5.83. The second kappa shape index (κ2) is 7.14. The SMILES string of the molecule is CC(C)N(CCOc1ccccc1C(N)=O)C(C)C. The van der Waals surface area contributed by atoms with Gasteiger partial charge in [0.2, 0.25) is 0 Å². The van der Waals surface area contributed by atoms with Gasteiger partial charge in [0.25, 0.3) is 5.91 Å². The predicted octanol–water partition coefficient (Wildman–Crippen LogP) is 2.28. The topological polar surface area (TPSA) is 55.6 Å². The molecule has 0 saturated heterocycles. The van der Waals surface area contributed by atoms with E-state index in [1.807, 2.05) is 6.07 Å². The minimum absolute atomic E-state index is 0.433. The molecule has 0 atom stereocenters. The molecule has 0 spiro atoms. The first-order valence-corrected chi connectivity index (χ1v) is 6.70. The number of amides is 1. The Hall–Kier alpha value is -1.55. The minimum Gasteiger partial charge on any atom is -0.491 e. The summed E-state index contributed by atoms with van der Waals surface area (Å²) in [5.41, 5.74) is 5.75. The van der Waals surface area contributed by atoms with Crippen molar-refractivity contribution in [3.63, 3.8) is 0 Å². The molecule has 0 unspecified atom stereocenters. The lowest BCUT2D eigenvalue weighted by Crippen LogP contribution is -2.39. The van der Waals surface area contributed by atoms with E-state index in [2.05, 4.69) is 32.6 Å². The molecule has 0 aliphatic rings. The summed E-state index contributed by atoms with van der Waals surface area (Å²) in [5, 5.41) is 0. The van der Waals surface area contributed by atoms with Gasteiger partial charge in [0.05, 0.1) is 5.56 Å². The van der Waals surface area contributed by atoms with Crippen molar-refractivity contribution in [3.05, 3.63) is 29.8 Å². The van der Waals surface area contributed by atoms with Crippen LogP contribution in [-0.4, -0.2) is 36.0 Å². The molecule has 0 bridgehead atoms. The second-order valence-corrected chi connectivity index (χ2v) is 5.13. The Morgan fingerprint density at radius 1 is 1.21 bits per heavy atom. The zero-order valence-corrected chi connectivity index (χ0v) is 12.2. The van der Waals surface area contributed by atoms with Crippen LogP contribution in [0.1, 0.15) is 38.1 Å². The highest BCUT2D eigenvalue weighted by Crippen LogP contribution is 2.17. The quantitative estimate of drug-likeness (QED) is 0.822. The van der Waals surface area contributed by atoms with E-state index in [4.69, 9.17) is 10.5 Å². The molecule has 0 fully saturated rings. The Bertz CT molecular complexity index is 408. The summed E-state index contributed by atoms with van der Waals surface area (Å²) in [7, 11) is 0. The maximum Gasteiger partial charge on any atom is 0.252 e. The Morgan fingerprint density at radius 3 is 2.32 bits per heavy atom. The number of rotatable bonds is 7. The van der Waals surface area contributed by atoms with Crippen LogP contribution in [0.25, 0.3) is 0 Å². The number of primary amides is 1. The molecule has 0 radical (unpaired) electrons. The smallest absolute Gasteiger partial charge is 0.252 e. The van der Waals surface area contributed by atoms with Gasteiger partial charge in [0.15, 0.2) is 0 Å². The van der Waals surface area contributed by atoms with Crippen molar-refractivity contribution >= 4 is 5.91 Å². The van der Waals surface area contributed by atoms with Gasteiger partial charge in [-0.3, -0.25) is 9.69 Å². The molecule has 4 heteroatoms. The molecule has 1 rings (SSSR count). The molecule has 2 N–H and O–H groups in total. The minimum atomic E-state index is -0.458. The fourth-order valence-corrected chi connectivity index (χ4v) is 2.17. The molecule has 0 saturated carbocycles. The van der Waals surface area contributed by atoms with Crippen molar-refractivity contribution in [1.29, 1.82) is 0 Å². The Balaban J connectivity index is 2.60. The Labute approximate surface area is 115 Å². The van der Waals surface area contributed by atoms with E-state index in [1.165, 1.54) is 0 Å². The van der Waals surface area contributed by atoms with Crippen molar-refractivity contribution < 1.29 is 9.53 Å². The lowest BCUT2D eigenvalue weighted by molar-refractivity contribution is 0.0993. The van der Waals surface area contributed by atoms with Crippen LogP contribution in [0.5, 0.6) is 5.75 Å². The van der Waals surface area contributed by atoms with Crippen molar-refractivity contribution in [2.45, 2.75) is 39.8 Å². The summed E-state index contributed by atoms with van der Waals surface area (Å²) in [4.78, 5) is 13.6. The molecule has 19 heavy (non-hydrogen) atoms. The molecule has 1 aromatic rings. The van der Waals surface area contributed by atoms with E-state index in [0.717, 1.165) is 6.54 Å². The molecule has 1 aromatic carbocycles. The first-order chi connectivity index (χ1) is 8.93. The number of hydrogen-bond donors (Lipinski definition) is 1. The number of carbonyl (C=O) groups is 1. The summed E-state index contributed by atoms with van der Waals surface area (Å²) < 4.78 is 5.69. The van der Waals surface area contributed by atoms with E-state index in [-0.39, 0.29) is 0 Å². The summed E-state index contributed by atoms with van der Waals surface area (Å²) >= 11 is 0. The van der Waals surface area contributed by atoms with Gasteiger partial charge < -0.3 is 10.5 Å². The number of nitrogens with zero attached hydrogens (tertiary/aromatic N) is 1. The van der Waals surface area contributed by atoms with Crippen molar-refractivity contribution in [3.8, 4) is 5.75 Å². The third-order valence-electron chi connectivity index (χ3n) is 3.09. The van der Waals surface area contributed by atoms with Crippen LogP contribution in [0.4, 0.5) is 0 Å². The van der Waals surface area contributed by atoms with Crippen LogP contribution < -0.4 is 10.5 Å². The van der Waals surface area contributed by atoms with Gasteiger partial charge in [0.1, 0.15) is 12.4 Å². The zero-order valence-electron chi connectivity index (χ0n) is 12.2. The Morgan fingerprint density at radius 2 is 1.79 bits per heavy atom. The van der Waals surface area contributed by atoms with Crippen LogP contribution >= 0.6 is 0 Å². The summed E-state index contributed by atoms with van der Waals surface area (Å²) in [5.74, 6) is 0.0997. The molecule has 0 heterocycles. The maximum atomic E-state index is 11.3. The molecular formula is C15H24N2O2. The van der Waals surface area contributed by atoms with Crippen molar-refractivity contribution in [1.82, 2.24) is 4.90 Å². The largest absolute Gasteiger partial charge is 0.491 e. The van der Waals surface area contributed by atoms with Gasteiger partial charge in [-0.05, 0) is 39.8 Å². The van der Waals surface area contributed by atoms with Crippen molar-refractivity contribution in [2.24, 2.45) is 5.73 Å². The third kappa shape index (κ3) is 4.56. The average Bonchev–Trinajstić information content (AvgIpc) is 2.33. The number of ether oxygens (including phenoxy) is 1. The standard InChI is InChI=1S/C15H24N2O2/c1-11(2)17(12(3)4)9-10-19-14-8-6-5-7-13(14)15(16)18/h5-8,11-12H,9-10H2,1-4H3,(H2,16,18). The van der Waals surface area contributed by atoms with Gasteiger partial charge in [-0.25, -0.2) is 0 Å². The van der Waals surface area contributed by atoms with Crippen molar-refractivity contribution in [2.75, 3.05) is 13.2 Å². The number of para-hydroxylation sites is 1. The third-order valence-corrected chi connectivity index (χ3v) is 3.09. The lowest BCUT2D eigenvalue weighted by Gasteiger charge is -2.30. The predicted molar refractivity (Wildman–Crippen MR) is 77.4 cm³/mol. The molecule has 4 nitrogen and oxygen atoms in total. The van der Waals surface area contributed by atoms with Gasteiger partial charge >= 0.3 is 0 Å². The number of nitrogens with two attached hydrogens (primary N) is 1. The molecular weight excluding hydrogens is 240 g/mol. The molecule has 0 aromatic heterocycles. The molecule has 106 valence electrons. The fourth-order valence-electron chi connectivity index (χ4n) is 2.17. The fraction of sp³-hybridized carbons (Fsp3) is 0.533. The van der Waals surface area contributed by atoms with E-state index in [9.17, 15) is 4.79 Å². The first-order valence-electron chi connectivity index (χ1n) is 6.70. The number of benzene rings is 1. The van der Waals surface area contributed by atoms with E-state index < -0.39 is 5.91 Å². The van der Waals surface area contributed by atoms with Crippen LogP contribution in [0, 0.1) is 0 Å². The second-order valence-electron chi connectivity index (χ2n) is 5.13. The van der Waals surface area contributed by atoms with Crippen LogP contribution in [0.15, 0.2) is 24.3 Å². The maximum absolute atomic E-state index is 11.3. The van der Waals surface area contributed by atoms with Crippen LogP contribution in [0.3, 0.4) is 0 Å². The highest BCUT2D eigenvalue weighted by molar-refractivity contribution is 5.95. The number of carbonyl (C=O) groups excluding carboxylic acids is 1. The van der Waals surface area contributed by atoms with E-state index >= 15 is 0 Å². The van der Waals surface area contributed by atoms with Crippen LogP contribution in [-0.2, 0) is 0 Å². The van der Waals surface area contributed by atoms with Gasteiger partial charge in [0, 0.05) is 18.6 Å². The molecule has 1 amide bonds. The summed E-state index contributed by atoms with van der Waals surface area (Å²) in [6.07, 6.45) is 0. The summed E-state index contributed by atoms with van der Waals surface area (Å²) in [6.45, 7) is 10.0. The molecule has 0 aliphatic carbocycles. The van der Waals surface area contributed by atoms with Gasteiger partial charge in [-0.1, -0.05) is 12.1 Å². The van der Waals surface area contributed by atoms with Gasteiger partial charge in [-0.2, -0.15) is 0 Å².